The zero-order valence-corrected chi connectivity index (χ0v) is 17.5. The maximum atomic E-state index is 14.6. The highest BCUT2D eigenvalue weighted by molar-refractivity contribution is 7.48. The van der Waals surface area contributed by atoms with E-state index in [4.69, 9.17) is 24.0 Å². The predicted molar refractivity (Wildman–Crippen MR) is 102 cm³/mol. The number of ether oxygens (including phenoxy) is 1. The molecule has 180 valence electrons. The first-order valence-electron chi connectivity index (χ1n) is 9.58. The number of hydrogen-bond acceptors (Lipinski definition) is 9. The van der Waals surface area contributed by atoms with Gasteiger partial charge in [0.2, 0.25) is 6.23 Å². The van der Waals surface area contributed by atoms with Crippen LogP contribution in [0, 0.1) is 11.6 Å². The lowest BCUT2D eigenvalue weighted by atomic mass is 10.1. The minimum atomic E-state index is -4.34. The molecule has 5 atom stereocenters. The highest BCUT2D eigenvalue weighted by Gasteiger charge is 2.60. The van der Waals surface area contributed by atoms with Gasteiger partial charge in [0, 0.05) is 12.6 Å². The van der Waals surface area contributed by atoms with Crippen LogP contribution in [0.5, 0.6) is 0 Å². The molecule has 0 spiro atoms. The molecular formula is C18H18F4N3O7P. The summed E-state index contributed by atoms with van der Waals surface area (Å²) in [5.74, 6) is -6.35. The van der Waals surface area contributed by atoms with Crippen molar-refractivity contribution in [2.45, 2.75) is 36.9 Å². The molecule has 2 aliphatic rings. The average molecular weight is 495 g/mol. The van der Waals surface area contributed by atoms with E-state index in [1.165, 1.54) is 6.07 Å². The number of nitrogens with two attached hydrogens (primary N) is 1. The number of nitrogen functional groups attached to an aromatic ring is 1. The number of phosphoric acid groups is 1. The molecule has 1 aromatic heterocycles. The van der Waals surface area contributed by atoms with Crippen LogP contribution in [0.1, 0.15) is 24.3 Å². The molecule has 0 aliphatic carbocycles. The Morgan fingerprint density at radius 1 is 1.30 bits per heavy atom. The van der Waals surface area contributed by atoms with E-state index in [0.29, 0.717) is 4.57 Å². The van der Waals surface area contributed by atoms with Crippen molar-refractivity contribution in [1.82, 2.24) is 9.55 Å². The van der Waals surface area contributed by atoms with Gasteiger partial charge in [-0.15, -0.1) is 0 Å². The highest BCUT2D eigenvalue weighted by Crippen LogP contribution is 2.57. The van der Waals surface area contributed by atoms with Crippen LogP contribution in [0.25, 0.3) is 0 Å². The number of anilines is 1. The van der Waals surface area contributed by atoms with E-state index in [9.17, 15) is 32.0 Å². The Hall–Kier alpha value is -2.35. The van der Waals surface area contributed by atoms with Crippen LogP contribution < -0.4 is 11.4 Å². The van der Waals surface area contributed by atoms with Crippen LogP contribution in [-0.2, 0) is 22.9 Å². The fraction of sp³-hybridized carbons (Fsp3) is 0.444. The molecule has 4 rings (SSSR count). The molecule has 15 heteroatoms. The van der Waals surface area contributed by atoms with Crippen LogP contribution >= 0.6 is 7.82 Å². The number of halogens is 4. The fourth-order valence-electron chi connectivity index (χ4n) is 3.39. The van der Waals surface area contributed by atoms with E-state index in [1.807, 2.05) is 0 Å². The molecule has 0 amide bonds. The molecule has 0 saturated carbocycles. The van der Waals surface area contributed by atoms with Crippen molar-refractivity contribution in [3.63, 3.8) is 0 Å². The van der Waals surface area contributed by atoms with Gasteiger partial charge in [0.05, 0.1) is 19.3 Å². The van der Waals surface area contributed by atoms with Gasteiger partial charge in [-0.25, -0.2) is 18.1 Å². The zero-order chi connectivity index (χ0) is 24.0. The first-order chi connectivity index (χ1) is 15.5. The minimum absolute atomic E-state index is 0.133. The Balaban J connectivity index is 1.46. The third-order valence-corrected chi connectivity index (χ3v) is 6.56. The van der Waals surface area contributed by atoms with Crippen molar-refractivity contribution in [2.75, 3.05) is 18.9 Å². The van der Waals surface area contributed by atoms with E-state index in [-0.39, 0.29) is 24.4 Å². The van der Waals surface area contributed by atoms with E-state index in [1.54, 1.807) is 0 Å². The molecular weight excluding hydrogens is 477 g/mol. The summed E-state index contributed by atoms with van der Waals surface area (Å²) in [6.45, 7) is -1.01. The molecule has 1 aromatic carbocycles. The van der Waals surface area contributed by atoms with Gasteiger partial charge in [-0.3, -0.25) is 18.1 Å². The van der Waals surface area contributed by atoms with Gasteiger partial charge in [-0.2, -0.15) is 13.8 Å². The molecule has 2 aliphatic heterocycles. The van der Waals surface area contributed by atoms with Gasteiger partial charge in [-0.05, 0) is 23.8 Å². The molecule has 3 N–H and O–H groups in total. The lowest BCUT2D eigenvalue weighted by molar-refractivity contribution is -0.140. The Labute approximate surface area is 183 Å². The van der Waals surface area contributed by atoms with Crippen LogP contribution in [-0.4, -0.2) is 46.0 Å². The summed E-state index contributed by atoms with van der Waals surface area (Å²) in [5.41, 5.74) is 4.38. The summed E-state index contributed by atoms with van der Waals surface area (Å²) in [5, 5.41) is 10.0. The van der Waals surface area contributed by atoms with Crippen LogP contribution in [0.2, 0.25) is 0 Å². The smallest absolute Gasteiger partial charge is 0.384 e. The number of rotatable bonds is 5. The number of phosphoric ester groups is 1. The predicted octanol–water partition coefficient (Wildman–Crippen LogP) is 2.30. The Bertz CT molecular complexity index is 1150. The second kappa shape index (κ2) is 8.78. The topological polar surface area (TPSA) is 135 Å². The van der Waals surface area contributed by atoms with Crippen molar-refractivity contribution < 1.29 is 45.5 Å². The lowest BCUT2D eigenvalue weighted by Crippen LogP contribution is -2.42. The second-order valence-corrected chi connectivity index (χ2v) is 8.94. The normalized spacial score (nSPS) is 31.5. The Morgan fingerprint density at radius 2 is 2.06 bits per heavy atom. The maximum Gasteiger partial charge on any atom is 0.475 e. The molecule has 10 nitrogen and oxygen atoms in total. The first kappa shape index (κ1) is 23.8. The van der Waals surface area contributed by atoms with Gasteiger partial charge in [0.25, 0.3) is 0 Å². The number of alkyl halides is 2. The number of hydrogen-bond donors (Lipinski definition) is 2. The van der Waals surface area contributed by atoms with Gasteiger partial charge >= 0.3 is 19.4 Å². The van der Waals surface area contributed by atoms with Crippen LogP contribution in [0.4, 0.5) is 23.4 Å². The van der Waals surface area contributed by atoms with Crippen LogP contribution in [0.3, 0.4) is 0 Å². The summed E-state index contributed by atoms with van der Waals surface area (Å²) in [6.07, 6.45) is -6.31. The molecule has 0 radical (unpaired) electrons. The summed E-state index contributed by atoms with van der Waals surface area (Å²) in [7, 11) is -4.34. The number of nitrogens with zero attached hydrogens (tertiary/aromatic N) is 2. The molecule has 2 saturated heterocycles. The molecule has 3 heterocycles. The van der Waals surface area contributed by atoms with Crippen molar-refractivity contribution >= 4 is 13.6 Å². The zero-order valence-electron chi connectivity index (χ0n) is 16.6. The molecule has 1 unspecified atom stereocenters. The Kier molecular flexibility index (Phi) is 6.33. The minimum Gasteiger partial charge on any atom is -0.384 e. The molecule has 0 bridgehead atoms. The fourth-order valence-corrected chi connectivity index (χ4v) is 4.79. The van der Waals surface area contributed by atoms with E-state index < -0.39 is 62.2 Å². The van der Waals surface area contributed by atoms with Gasteiger partial charge < -0.3 is 15.6 Å². The summed E-state index contributed by atoms with van der Waals surface area (Å²) < 4.78 is 89.5. The summed E-state index contributed by atoms with van der Waals surface area (Å²) >= 11 is 0. The standard InChI is InChI=1S/C18H18F4N3O7P/c19-10-2-1-9(7-11(10)20)12-4-6-29-33(28,32-12)30-8-13-15(26)18(21,22)16(31-13)25-5-3-14(23)24-17(25)27/h1-3,5,7,12-13,15-16,26H,4,6,8H2,(H2,23,24,27)/t12-,13-,15-,16-,33?/m1/s1. The summed E-state index contributed by atoms with van der Waals surface area (Å²) in [4.78, 5) is 15.2. The van der Waals surface area contributed by atoms with E-state index in [2.05, 4.69) is 4.98 Å². The molecule has 2 fully saturated rings. The van der Waals surface area contributed by atoms with Crippen molar-refractivity contribution in [3.8, 4) is 0 Å². The number of aromatic nitrogens is 2. The van der Waals surface area contributed by atoms with E-state index in [0.717, 1.165) is 24.4 Å². The SMILES string of the molecule is Nc1ccn([C@@H]2O[C@H](COP3(=O)OCC[C@H](c4ccc(F)c(F)c4)O3)[C@@H](O)C2(F)F)c(=O)n1. The van der Waals surface area contributed by atoms with Crippen molar-refractivity contribution in [2.24, 2.45) is 0 Å². The third kappa shape index (κ3) is 4.67. The van der Waals surface area contributed by atoms with Crippen LogP contribution in [0.15, 0.2) is 35.3 Å². The number of aliphatic hydroxyl groups is 1. The first-order valence-corrected chi connectivity index (χ1v) is 11.0. The average Bonchev–Trinajstić information content (AvgIpc) is 2.98. The van der Waals surface area contributed by atoms with Gasteiger partial charge in [-0.1, -0.05) is 6.07 Å². The summed E-state index contributed by atoms with van der Waals surface area (Å²) in [6, 6.07) is 4.06. The Morgan fingerprint density at radius 3 is 2.76 bits per heavy atom. The third-order valence-electron chi connectivity index (χ3n) is 5.08. The number of benzene rings is 1. The van der Waals surface area contributed by atoms with Gasteiger partial charge in [0.1, 0.15) is 11.9 Å². The second-order valence-electron chi connectivity index (χ2n) is 7.32. The van der Waals surface area contributed by atoms with Crippen molar-refractivity contribution in [1.29, 1.82) is 0 Å². The van der Waals surface area contributed by atoms with Crippen molar-refractivity contribution in [3.05, 3.63) is 58.1 Å². The molecule has 33 heavy (non-hydrogen) atoms. The van der Waals surface area contributed by atoms with Gasteiger partial charge in [0.15, 0.2) is 17.7 Å². The largest absolute Gasteiger partial charge is 0.475 e. The monoisotopic (exact) mass is 495 g/mol. The number of aliphatic hydroxyl groups excluding tert-OH is 1. The maximum absolute atomic E-state index is 14.6. The quantitative estimate of drug-likeness (QED) is 0.473. The molecule has 2 aromatic rings. The van der Waals surface area contributed by atoms with E-state index >= 15 is 0 Å². The highest BCUT2D eigenvalue weighted by atomic mass is 31.2. The lowest BCUT2D eigenvalue weighted by Gasteiger charge is -2.29.